The highest BCUT2D eigenvalue weighted by Gasteiger charge is 2.60. The smallest absolute Gasteiger partial charge is 0.258 e. The molecule has 2 amide bonds. The zero-order chi connectivity index (χ0) is 29.9. The Balaban J connectivity index is 1.62. The first-order valence-corrected chi connectivity index (χ1v) is 17.1. The molecule has 5 rings (SSSR count). The van der Waals surface area contributed by atoms with Crippen molar-refractivity contribution in [1.29, 1.82) is 0 Å². The van der Waals surface area contributed by atoms with Crippen molar-refractivity contribution < 1.29 is 23.5 Å². The molecule has 2 aromatic rings. The fraction of sp³-hybridized carbons (Fsp3) is 0.529. The van der Waals surface area contributed by atoms with Crippen LogP contribution in [-0.2, 0) is 14.3 Å². The predicted octanol–water partition coefficient (Wildman–Crippen LogP) is 7.50. The number of hydrogen-bond acceptors (Lipinski definition) is 5. The van der Waals surface area contributed by atoms with Gasteiger partial charge >= 0.3 is 0 Å². The molecule has 3 aliphatic rings. The molecule has 0 unspecified atom stereocenters. The highest BCUT2D eigenvalue weighted by Crippen LogP contribution is 2.57. The molecule has 4 atom stereocenters. The number of nitrogens with zero attached hydrogens (tertiary/aromatic N) is 1. The van der Waals surface area contributed by atoms with Crippen LogP contribution in [0.5, 0.6) is 11.5 Å². The molecule has 7 heteroatoms. The molecule has 0 N–H and O–H groups in total. The van der Waals surface area contributed by atoms with Gasteiger partial charge in [-0.25, -0.2) is 0 Å². The zero-order valence-corrected chi connectivity index (χ0v) is 26.9. The van der Waals surface area contributed by atoms with Crippen molar-refractivity contribution in [3.8, 4) is 11.5 Å². The number of carbonyl (C=O) groups excluding carboxylic acids is 2. The van der Waals surface area contributed by atoms with Crippen molar-refractivity contribution in [2.45, 2.75) is 83.5 Å². The van der Waals surface area contributed by atoms with Crippen molar-refractivity contribution >= 4 is 25.8 Å². The Morgan fingerprint density at radius 2 is 1.51 bits per heavy atom. The van der Waals surface area contributed by atoms with E-state index < -0.39 is 25.8 Å². The molecule has 1 aliphatic carbocycles. The normalized spacial score (nSPS) is 25.2. The van der Waals surface area contributed by atoms with Crippen molar-refractivity contribution in [2.75, 3.05) is 18.6 Å². The van der Waals surface area contributed by atoms with Crippen LogP contribution < -0.4 is 14.1 Å². The Morgan fingerprint density at radius 3 is 2.10 bits per heavy atom. The Kier molecular flexibility index (Phi) is 7.75. The Morgan fingerprint density at radius 1 is 0.902 bits per heavy atom. The topological polar surface area (TPSA) is 65.1 Å². The SMILES string of the molecule is COC[C@@H]1C=C2[C@H](c3ccc(O[Si](C(C)C)(C(C)C)C(C)C)cc3OC2(C)C)[C@@H]2C(=O)N(c3ccccc3)C(=O)[C@@H]21. The third kappa shape index (κ3) is 4.65. The lowest BCUT2D eigenvalue weighted by molar-refractivity contribution is -0.123. The molecule has 6 nitrogen and oxygen atoms in total. The van der Waals surface area contributed by atoms with Crippen LogP contribution in [0.4, 0.5) is 5.69 Å². The third-order valence-electron chi connectivity index (χ3n) is 9.70. The highest BCUT2D eigenvalue weighted by atomic mass is 28.4. The summed E-state index contributed by atoms with van der Waals surface area (Å²) < 4.78 is 19.3. The van der Waals surface area contributed by atoms with Crippen LogP contribution in [0.25, 0.3) is 0 Å². The maximum absolute atomic E-state index is 14.2. The summed E-state index contributed by atoms with van der Waals surface area (Å²) in [6.07, 6.45) is 2.15. The second-order valence-corrected chi connectivity index (χ2v) is 18.7. The summed E-state index contributed by atoms with van der Waals surface area (Å²) in [4.78, 5) is 29.6. The van der Waals surface area contributed by atoms with Gasteiger partial charge in [0.2, 0.25) is 11.8 Å². The first-order valence-electron chi connectivity index (χ1n) is 15.0. The largest absolute Gasteiger partial charge is 0.543 e. The number of fused-ring (bicyclic) bond motifs is 5. The summed E-state index contributed by atoms with van der Waals surface area (Å²) in [5.41, 5.74) is 3.24. The number of hydrogen-bond donors (Lipinski definition) is 0. The minimum absolute atomic E-state index is 0.155. The standard InChI is InChI=1S/C34H45NO5Si/c1-20(2)41(21(3)4,22(5)6)40-25-15-16-26-28(18-25)39-34(7,8)27-17-23(19-38-9)29-31(30(26)27)33(37)35(32(29)36)24-13-11-10-12-14-24/h10-18,20-23,29-31H,19H2,1-9H3/t23-,29+,30-,31+/m0/s1. The molecule has 0 aromatic heterocycles. The highest BCUT2D eigenvalue weighted by molar-refractivity contribution is 6.78. The Bertz CT molecular complexity index is 1330. The quantitative estimate of drug-likeness (QED) is 0.185. The monoisotopic (exact) mass is 575 g/mol. The van der Waals surface area contributed by atoms with Gasteiger partial charge in [0.05, 0.1) is 24.1 Å². The fourth-order valence-electron chi connectivity index (χ4n) is 8.07. The molecule has 1 fully saturated rings. The first-order chi connectivity index (χ1) is 19.3. The maximum Gasteiger partial charge on any atom is 0.258 e. The van der Waals surface area contributed by atoms with Crippen molar-refractivity contribution in [3.63, 3.8) is 0 Å². The summed E-state index contributed by atoms with van der Waals surface area (Å²) in [5, 5.41) is 0. The van der Waals surface area contributed by atoms with Crippen LogP contribution in [0.1, 0.15) is 66.9 Å². The predicted molar refractivity (Wildman–Crippen MR) is 165 cm³/mol. The van der Waals surface area contributed by atoms with Gasteiger partial charge in [-0.3, -0.25) is 14.5 Å². The Labute approximate surface area is 246 Å². The maximum atomic E-state index is 14.2. The molecule has 2 aliphatic heterocycles. The first kappa shape index (κ1) is 29.6. The number of ether oxygens (including phenoxy) is 2. The molecule has 41 heavy (non-hydrogen) atoms. The number of methoxy groups -OCH3 is 1. The summed E-state index contributed by atoms with van der Waals surface area (Å²) >= 11 is 0. The van der Waals surface area contributed by atoms with Crippen molar-refractivity contribution in [2.24, 2.45) is 17.8 Å². The average molecular weight is 576 g/mol. The van der Waals surface area contributed by atoms with Gasteiger partial charge in [0, 0.05) is 30.6 Å². The van der Waals surface area contributed by atoms with Crippen LogP contribution in [0.3, 0.4) is 0 Å². The number of carbonyl (C=O) groups is 2. The molecule has 1 saturated heterocycles. The molecule has 2 aromatic carbocycles. The molecule has 0 spiro atoms. The molecule has 0 radical (unpaired) electrons. The molecule has 0 saturated carbocycles. The van der Waals surface area contributed by atoms with E-state index in [0.29, 0.717) is 28.9 Å². The van der Waals surface area contributed by atoms with Gasteiger partial charge in [0.15, 0.2) is 0 Å². The summed E-state index contributed by atoms with van der Waals surface area (Å²) in [6, 6.07) is 15.4. The van der Waals surface area contributed by atoms with E-state index >= 15 is 0 Å². The molecular formula is C34H45NO5Si. The summed E-state index contributed by atoms with van der Waals surface area (Å²) in [7, 11) is -0.534. The zero-order valence-electron chi connectivity index (χ0n) is 25.9. The second kappa shape index (κ2) is 10.7. The van der Waals surface area contributed by atoms with E-state index in [-0.39, 0.29) is 23.7 Å². The minimum Gasteiger partial charge on any atom is -0.543 e. The van der Waals surface area contributed by atoms with E-state index in [1.54, 1.807) is 7.11 Å². The van der Waals surface area contributed by atoms with Crippen LogP contribution in [0, 0.1) is 17.8 Å². The fourth-order valence-corrected chi connectivity index (χ4v) is 13.3. The van der Waals surface area contributed by atoms with Crippen LogP contribution in [0.2, 0.25) is 16.6 Å². The van der Waals surface area contributed by atoms with Gasteiger partial charge in [-0.1, -0.05) is 71.9 Å². The van der Waals surface area contributed by atoms with Gasteiger partial charge in [-0.2, -0.15) is 0 Å². The third-order valence-corrected chi connectivity index (χ3v) is 15.7. The molecule has 2 heterocycles. The van der Waals surface area contributed by atoms with Crippen LogP contribution in [0.15, 0.2) is 60.2 Å². The lowest BCUT2D eigenvalue weighted by Gasteiger charge is -2.47. The number of benzene rings is 2. The van der Waals surface area contributed by atoms with Gasteiger partial charge in [-0.05, 0) is 54.2 Å². The lowest BCUT2D eigenvalue weighted by Crippen LogP contribution is -2.50. The van der Waals surface area contributed by atoms with Gasteiger partial charge in [0.25, 0.3) is 8.32 Å². The summed E-state index contributed by atoms with van der Waals surface area (Å²) in [5.74, 6) is -0.288. The van der Waals surface area contributed by atoms with E-state index in [9.17, 15) is 9.59 Å². The van der Waals surface area contributed by atoms with Crippen LogP contribution in [-0.4, -0.2) is 39.4 Å². The minimum atomic E-state index is -2.18. The lowest BCUT2D eigenvalue weighted by atomic mass is 9.62. The summed E-state index contributed by atoms with van der Waals surface area (Å²) in [6.45, 7) is 18.1. The van der Waals surface area contributed by atoms with Crippen molar-refractivity contribution in [3.05, 3.63) is 65.7 Å². The average Bonchev–Trinajstić information content (AvgIpc) is 3.17. The number of rotatable bonds is 8. The van der Waals surface area contributed by atoms with Gasteiger partial charge < -0.3 is 13.9 Å². The number of para-hydroxylation sites is 1. The number of anilines is 1. The molecule has 0 bridgehead atoms. The Hall–Kier alpha value is -2.90. The van der Waals surface area contributed by atoms with E-state index in [1.165, 1.54) is 4.90 Å². The number of amides is 2. The molecule has 220 valence electrons. The van der Waals surface area contributed by atoms with E-state index in [0.717, 1.165) is 22.6 Å². The molecular weight excluding hydrogens is 530 g/mol. The van der Waals surface area contributed by atoms with Gasteiger partial charge in [-0.15, -0.1) is 0 Å². The van der Waals surface area contributed by atoms with Gasteiger partial charge in [0.1, 0.15) is 17.1 Å². The van der Waals surface area contributed by atoms with E-state index in [1.807, 2.05) is 42.5 Å². The van der Waals surface area contributed by atoms with Crippen LogP contribution >= 0.6 is 0 Å². The van der Waals surface area contributed by atoms with E-state index in [2.05, 4.69) is 67.5 Å². The number of imide groups is 1. The van der Waals surface area contributed by atoms with E-state index in [4.69, 9.17) is 13.9 Å². The van der Waals surface area contributed by atoms with Crippen molar-refractivity contribution in [1.82, 2.24) is 0 Å². The second-order valence-electron chi connectivity index (χ2n) is 13.3.